The Morgan fingerprint density at radius 3 is 2.50 bits per heavy atom. The molecular formula is C19H16Cl3N3O2S. The number of carbonyl (C=O) groups excluding carboxylic acids is 1. The molecule has 3 N–H and O–H groups in total. The lowest BCUT2D eigenvalue weighted by atomic mass is 9.95. The predicted octanol–water partition coefficient (Wildman–Crippen LogP) is 5.09. The van der Waals surface area contributed by atoms with Crippen molar-refractivity contribution in [3.63, 3.8) is 0 Å². The zero-order valence-corrected chi connectivity index (χ0v) is 18.0. The minimum Gasteiger partial charge on any atom is -0.495 e. The van der Waals surface area contributed by atoms with E-state index in [2.05, 4.69) is 16.0 Å². The van der Waals surface area contributed by atoms with Crippen molar-refractivity contribution < 1.29 is 9.53 Å². The Balaban J connectivity index is 2.01. The number of carbonyl (C=O) groups is 1. The summed E-state index contributed by atoms with van der Waals surface area (Å²) in [7, 11) is 1.52. The Kier molecular flexibility index (Phi) is 6.35. The molecule has 0 bridgehead atoms. The van der Waals surface area contributed by atoms with Crippen LogP contribution in [0, 0.1) is 0 Å². The van der Waals surface area contributed by atoms with E-state index in [1.54, 1.807) is 43.3 Å². The zero-order valence-electron chi connectivity index (χ0n) is 14.9. The number of methoxy groups -OCH3 is 1. The summed E-state index contributed by atoms with van der Waals surface area (Å²) in [5.41, 5.74) is 2.17. The van der Waals surface area contributed by atoms with E-state index < -0.39 is 6.04 Å². The van der Waals surface area contributed by atoms with Crippen LogP contribution in [0.15, 0.2) is 47.7 Å². The summed E-state index contributed by atoms with van der Waals surface area (Å²) in [6.45, 7) is 1.77. The molecular weight excluding hydrogens is 441 g/mol. The third-order valence-corrected chi connectivity index (χ3v) is 5.21. The van der Waals surface area contributed by atoms with E-state index in [-0.39, 0.29) is 5.91 Å². The topological polar surface area (TPSA) is 62.4 Å². The highest BCUT2D eigenvalue weighted by molar-refractivity contribution is 7.80. The van der Waals surface area contributed by atoms with Gasteiger partial charge in [-0.05, 0) is 55.0 Å². The number of rotatable bonds is 4. The Bertz CT molecular complexity index is 994. The fourth-order valence-electron chi connectivity index (χ4n) is 2.93. The maximum atomic E-state index is 13.2. The maximum absolute atomic E-state index is 13.2. The van der Waals surface area contributed by atoms with E-state index in [1.165, 1.54) is 7.11 Å². The van der Waals surface area contributed by atoms with Gasteiger partial charge >= 0.3 is 0 Å². The Morgan fingerprint density at radius 2 is 1.82 bits per heavy atom. The summed E-state index contributed by atoms with van der Waals surface area (Å²) < 4.78 is 5.30. The number of hydrogen-bond donors (Lipinski definition) is 3. The van der Waals surface area contributed by atoms with Crippen molar-refractivity contribution in [2.75, 3.05) is 12.4 Å². The van der Waals surface area contributed by atoms with E-state index in [9.17, 15) is 4.79 Å². The van der Waals surface area contributed by atoms with Crippen LogP contribution < -0.4 is 20.7 Å². The number of anilines is 1. The van der Waals surface area contributed by atoms with Crippen molar-refractivity contribution in [2.45, 2.75) is 13.0 Å². The maximum Gasteiger partial charge on any atom is 0.255 e. The Morgan fingerprint density at radius 1 is 1.14 bits per heavy atom. The van der Waals surface area contributed by atoms with Crippen LogP contribution in [0.3, 0.4) is 0 Å². The van der Waals surface area contributed by atoms with Crippen LogP contribution in [0.4, 0.5) is 5.69 Å². The second kappa shape index (κ2) is 8.57. The molecule has 1 atom stereocenters. The average Bonchev–Trinajstić information content (AvgIpc) is 2.61. The predicted molar refractivity (Wildman–Crippen MR) is 117 cm³/mol. The van der Waals surface area contributed by atoms with Gasteiger partial charge < -0.3 is 20.7 Å². The van der Waals surface area contributed by atoms with Gasteiger partial charge in [-0.15, -0.1) is 0 Å². The van der Waals surface area contributed by atoms with Crippen molar-refractivity contribution >= 4 is 63.7 Å². The molecule has 1 aliphatic rings. The molecule has 9 heteroatoms. The van der Waals surface area contributed by atoms with Crippen LogP contribution in [0.2, 0.25) is 15.1 Å². The molecule has 3 rings (SSSR count). The quantitative estimate of drug-likeness (QED) is 0.560. The molecule has 0 aromatic heterocycles. The molecule has 0 saturated heterocycles. The molecule has 1 unspecified atom stereocenters. The molecule has 1 heterocycles. The molecule has 0 radical (unpaired) electrons. The molecule has 0 fully saturated rings. The summed E-state index contributed by atoms with van der Waals surface area (Å²) in [4.78, 5) is 13.2. The van der Waals surface area contributed by atoms with E-state index in [0.717, 1.165) is 0 Å². The Hall–Kier alpha value is -1.99. The minimum atomic E-state index is -0.552. The van der Waals surface area contributed by atoms with Crippen LogP contribution in [-0.4, -0.2) is 18.1 Å². The van der Waals surface area contributed by atoms with Gasteiger partial charge in [-0.3, -0.25) is 4.79 Å². The average molecular weight is 457 g/mol. The summed E-state index contributed by atoms with van der Waals surface area (Å²) in [6, 6.07) is 9.52. The molecule has 2 aromatic carbocycles. The number of halogens is 3. The number of nitrogens with one attached hydrogen (secondary N) is 3. The lowest BCUT2D eigenvalue weighted by molar-refractivity contribution is -0.113. The van der Waals surface area contributed by atoms with E-state index >= 15 is 0 Å². The molecule has 5 nitrogen and oxygen atoms in total. The van der Waals surface area contributed by atoms with Crippen LogP contribution in [-0.2, 0) is 4.79 Å². The zero-order chi connectivity index (χ0) is 20.4. The molecule has 1 aliphatic heterocycles. The van der Waals surface area contributed by atoms with E-state index in [4.69, 9.17) is 51.8 Å². The normalized spacial score (nSPS) is 16.3. The fourth-order valence-corrected chi connectivity index (χ4v) is 3.89. The molecule has 0 spiro atoms. The van der Waals surface area contributed by atoms with E-state index in [0.29, 0.717) is 48.5 Å². The second-order valence-electron chi connectivity index (χ2n) is 6.03. The summed E-state index contributed by atoms with van der Waals surface area (Å²) in [5, 5.41) is 10.7. The number of allylic oxidation sites excluding steroid dienone is 1. The van der Waals surface area contributed by atoms with Gasteiger partial charge in [0.25, 0.3) is 5.91 Å². The van der Waals surface area contributed by atoms with Gasteiger partial charge in [-0.1, -0.05) is 40.9 Å². The Labute approximate surface area is 183 Å². The van der Waals surface area contributed by atoms with Gasteiger partial charge in [0.1, 0.15) is 5.75 Å². The first-order valence-corrected chi connectivity index (χ1v) is 9.72. The highest BCUT2D eigenvalue weighted by atomic mass is 35.5. The summed E-state index contributed by atoms with van der Waals surface area (Å²) in [5.74, 6) is 0.140. The second-order valence-corrected chi connectivity index (χ2v) is 7.72. The first-order valence-electron chi connectivity index (χ1n) is 8.18. The van der Waals surface area contributed by atoms with Crippen molar-refractivity contribution in [3.8, 4) is 5.75 Å². The highest BCUT2D eigenvalue weighted by Gasteiger charge is 2.31. The largest absolute Gasteiger partial charge is 0.495 e. The number of ether oxygens (including phenoxy) is 1. The molecule has 0 saturated carbocycles. The summed E-state index contributed by atoms with van der Waals surface area (Å²) >= 11 is 23.7. The third kappa shape index (κ3) is 4.36. The minimum absolute atomic E-state index is 0.350. The first-order chi connectivity index (χ1) is 13.3. The highest BCUT2D eigenvalue weighted by Crippen LogP contribution is 2.35. The SMILES string of the molecule is COc1ccc(Cl)cc1NC(=O)C1=C(C)NC(=S)NC1c1ccc(Cl)cc1Cl. The molecule has 28 heavy (non-hydrogen) atoms. The fraction of sp³-hybridized carbons (Fsp3) is 0.158. The lowest BCUT2D eigenvalue weighted by Gasteiger charge is -2.31. The van der Waals surface area contributed by atoms with Gasteiger partial charge in [-0.25, -0.2) is 0 Å². The van der Waals surface area contributed by atoms with Crippen LogP contribution >= 0.6 is 47.0 Å². The van der Waals surface area contributed by atoms with Crippen LogP contribution in [0.1, 0.15) is 18.5 Å². The van der Waals surface area contributed by atoms with Gasteiger partial charge in [0.2, 0.25) is 0 Å². The third-order valence-electron chi connectivity index (χ3n) is 4.20. The smallest absolute Gasteiger partial charge is 0.255 e. The molecule has 146 valence electrons. The first kappa shape index (κ1) is 20.7. The van der Waals surface area contributed by atoms with Crippen molar-refractivity contribution in [1.29, 1.82) is 0 Å². The van der Waals surface area contributed by atoms with Gasteiger partial charge in [0.05, 0.1) is 24.4 Å². The monoisotopic (exact) mass is 455 g/mol. The van der Waals surface area contributed by atoms with Gasteiger partial charge in [0, 0.05) is 20.8 Å². The van der Waals surface area contributed by atoms with Gasteiger partial charge in [0.15, 0.2) is 5.11 Å². The molecule has 1 amide bonds. The van der Waals surface area contributed by atoms with Crippen LogP contribution in [0.5, 0.6) is 5.75 Å². The van der Waals surface area contributed by atoms with E-state index in [1.807, 2.05) is 0 Å². The standard InChI is InChI=1S/C19H16Cl3N3O2S/c1-9-16(18(26)24-14-8-11(21)4-6-15(14)27-2)17(25-19(28)23-9)12-5-3-10(20)7-13(12)22/h3-8,17H,1-2H3,(H,24,26)(H2,23,25,28). The lowest BCUT2D eigenvalue weighted by Crippen LogP contribution is -2.45. The van der Waals surface area contributed by atoms with Crippen molar-refractivity contribution in [1.82, 2.24) is 10.6 Å². The molecule has 2 aromatic rings. The number of hydrogen-bond acceptors (Lipinski definition) is 3. The van der Waals surface area contributed by atoms with Crippen molar-refractivity contribution in [2.24, 2.45) is 0 Å². The molecule has 0 aliphatic carbocycles. The number of benzene rings is 2. The number of amides is 1. The van der Waals surface area contributed by atoms with Crippen LogP contribution in [0.25, 0.3) is 0 Å². The summed E-state index contributed by atoms with van der Waals surface area (Å²) in [6.07, 6.45) is 0. The van der Waals surface area contributed by atoms with Crippen molar-refractivity contribution in [3.05, 3.63) is 68.3 Å². The number of thiocarbonyl (C=S) groups is 1. The van der Waals surface area contributed by atoms with Gasteiger partial charge in [-0.2, -0.15) is 0 Å².